The summed E-state index contributed by atoms with van der Waals surface area (Å²) < 4.78 is 37.3. The maximum atomic E-state index is 12.7. The maximum absolute atomic E-state index is 12.7. The fourth-order valence-corrected chi connectivity index (χ4v) is 4.02. The summed E-state index contributed by atoms with van der Waals surface area (Å²) in [7, 11) is -3.81. The van der Waals surface area contributed by atoms with Crippen LogP contribution in [0.1, 0.15) is 5.56 Å². The monoisotopic (exact) mass is 378 g/mol. The van der Waals surface area contributed by atoms with Crippen molar-refractivity contribution < 1.29 is 22.8 Å². The third kappa shape index (κ3) is 4.01. The van der Waals surface area contributed by atoms with Gasteiger partial charge in [0, 0.05) is 19.2 Å². The van der Waals surface area contributed by atoms with Crippen LogP contribution in [0, 0.1) is 10.1 Å². The highest BCUT2D eigenvalue weighted by atomic mass is 32.2. The molecule has 0 amide bonds. The number of nitro benzene ring substituents is 1. The Morgan fingerprint density at radius 3 is 2.46 bits per heavy atom. The normalized spacial score (nSPS) is 15.5. The van der Waals surface area contributed by atoms with Crippen molar-refractivity contribution in [2.24, 2.45) is 0 Å². The van der Waals surface area contributed by atoms with Gasteiger partial charge < -0.3 is 9.47 Å². The third-order valence-corrected chi connectivity index (χ3v) is 5.87. The first kappa shape index (κ1) is 18.3. The van der Waals surface area contributed by atoms with Crippen molar-refractivity contribution in [2.75, 3.05) is 26.3 Å². The summed E-state index contributed by atoms with van der Waals surface area (Å²) in [6.07, 6.45) is 0. The molecule has 0 unspecified atom stereocenters. The average molecular weight is 378 g/mol. The molecule has 2 aromatic carbocycles. The summed E-state index contributed by atoms with van der Waals surface area (Å²) in [5.74, 6) is 0.0276. The molecule has 0 bridgehead atoms. The van der Waals surface area contributed by atoms with E-state index in [-0.39, 0.29) is 36.0 Å². The van der Waals surface area contributed by atoms with E-state index in [1.165, 1.54) is 16.4 Å². The first-order chi connectivity index (χ1) is 12.5. The predicted octanol–water partition coefficient (Wildman–Crippen LogP) is 2.19. The molecule has 1 fully saturated rings. The smallest absolute Gasteiger partial charge is 0.312 e. The first-order valence-electron chi connectivity index (χ1n) is 8.01. The lowest BCUT2D eigenvalue weighted by Crippen LogP contribution is -2.40. The lowest BCUT2D eigenvalue weighted by Gasteiger charge is -2.26. The molecule has 1 saturated heterocycles. The zero-order chi connectivity index (χ0) is 18.6. The Balaban J connectivity index is 1.85. The van der Waals surface area contributed by atoms with Gasteiger partial charge in [-0.25, -0.2) is 8.42 Å². The van der Waals surface area contributed by atoms with E-state index < -0.39 is 14.9 Å². The van der Waals surface area contributed by atoms with Gasteiger partial charge in [-0.3, -0.25) is 10.1 Å². The average Bonchev–Trinajstić information content (AvgIpc) is 2.67. The Hall–Kier alpha value is -2.49. The van der Waals surface area contributed by atoms with Crippen LogP contribution in [0.15, 0.2) is 53.4 Å². The lowest BCUT2D eigenvalue weighted by atomic mass is 10.2. The number of benzene rings is 2. The van der Waals surface area contributed by atoms with Crippen molar-refractivity contribution in [2.45, 2.75) is 11.5 Å². The Labute approximate surface area is 151 Å². The van der Waals surface area contributed by atoms with Gasteiger partial charge in [0.25, 0.3) is 0 Å². The van der Waals surface area contributed by atoms with Gasteiger partial charge in [-0.1, -0.05) is 30.3 Å². The molecule has 1 aliphatic heterocycles. The van der Waals surface area contributed by atoms with Crippen LogP contribution in [0.3, 0.4) is 0 Å². The van der Waals surface area contributed by atoms with E-state index in [2.05, 4.69) is 0 Å². The molecular formula is C17H18N2O6S. The molecular weight excluding hydrogens is 360 g/mol. The minimum atomic E-state index is -3.81. The minimum Gasteiger partial charge on any atom is -0.482 e. The van der Waals surface area contributed by atoms with E-state index in [0.29, 0.717) is 13.2 Å². The number of ether oxygens (including phenoxy) is 2. The van der Waals surface area contributed by atoms with Gasteiger partial charge in [-0.15, -0.1) is 0 Å². The molecule has 1 heterocycles. The summed E-state index contributed by atoms with van der Waals surface area (Å²) in [6.45, 7) is 1.21. The van der Waals surface area contributed by atoms with Gasteiger partial charge in [0.15, 0.2) is 5.75 Å². The molecule has 0 atom stereocenters. The van der Waals surface area contributed by atoms with Crippen molar-refractivity contribution in [3.63, 3.8) is 0 Å². The second-order valence-electron chi connectivity index (χ2n) is 5.68. The summed E-state index contributed by atoms with van der Waals surface area (Å²) in [5.41, 5.74) is 0.474. The first-order valence-corrected chi connectivity index (χ1v) is 9.45. The van der Waals surface area contributed by atoms with Gasteiger partial charge in [0.05, 0.1) is 23.0 Å². The van der Waals surface area contributed by atoms with E-state index in [4.69, 9.17) is 9.47 Å². The van der Waals surface area contributed by atoms with Gasteiger partial charge in [-0.05, 0) is 17.7 Å². The molecule has 8 nitrogen and oxygen atoms in total. The summed E-state index contributed by atoms with van der Waals surface area (Å²) in [5, 5.41) is 11.4. The Morgan fingerprint density at radius 2 is 1.81 bits per heavy atom. The molecule has 3 rings (SSSR count). The van der Waals surface area contributed by atoms with Crippen LogP contribution in [-0.2, 0) is 21.4 Å². The number of morpholine rings is 1. The van der Waals surface area contributed by atoms with E-state index in [1.54, 1.807) is 0 Å². The van der Waals surface area contributed by atoms with Crippen LogP contribution in [-0.4, -0.2) is 43.9 Å². The molecule has 9 heteroatoms. The third-order valence-electron chi connectivity index (χ3n) is 3.97. The summed E-state index contributed by atoms with van der Waals surface area (Å²) >= 11 is 0. The molecule has 0 radical (unpaired) electrons. The number of rotatable bonds is 6. The molecule has 0 aliphatic carbocycles. The number of nitro groups is 1. The summed E-state index contributed by atoms with van der Waals surface area (Å²) in [4.78, 5) is 10.6. The molecule has 0 saturated carbocycles. The van der Waals surface area contributed by atoms with Crippen LogP contribution in [0.4, 0.5) is 5.69 Å². The fourth-order valence-electron chi connectivity index (χ4n) is 2.59. The Morgan fingerprint density at radius 1 is 1.12 bits per heavy atom. The van der Waals surface area contributed by atoms with E-state index in [0.717, 1.165) is 11.6 Å². The van der Waals surface area contributed by atoms with Crippen LogP contribution in [0.25, 0.3) is 0 Å². The largest absolute Gasteiger partial charge is 0.482 e. The number of nitrogens with zero attached hydrogens (tertiary/aromatic N) is 2. The minimum absolute atomic E-state index is 0.0276. The van der Waals surface area contributed by atoms with Gasteiger partial charge in [-0.2, -0.15) is 4.31 Å². The van der Waals surface area contributed by atoms with Crippen molar-refractivity contribution in [3.8, 4) is 5.75 Å². The Kier molecular flexibility index (Phi) is 5.50. The standard InChI is InChI=1S/C17H18N2O6S/c20-19(21)16-12-15(26(22,23)18-8-10-24-11-9-18)6-7-17(16)25-13-14-4-2-1-3-5-14/h1-7,12H,8-11,13H2. The SMILES string of the molecule is O=[N+]([O-])c1cc(S(=O)(=O)N2CCOCC2)ccc1OCc1ccccc1. The van der Waals surface area contributed by atoms with Crippen molar-refractivity contribution in [1.82, 2.24) is 4.31 Å². The highest BCUT2D eigenvalue weighted by molar-refractivity contribution is 7.89. The van der Waals surface area contributed by atoms with Gasteiger partial charge in [0.2, 0.25) is 10.0 Å². The lowest BCUT2D eigenvalue weighted by molar-refractivity contribution is -0.386. The highest BCUT2D eigenvalue weighted by Crippen LogP contribution is 2.31. The van der Waals surface area contributed by atoms with Crippen molar-refractivity contribution in [3.05, 3.63) is 64.2 Å². The molecule has 1 aliphatic rings. The zero-order valence-corrected chi connectivity index (χ0v) is 14.7. The van der Waals surface area contributed by atoms with Crippen LogP contribution >= 0.6 is 0 Å². The van der Waals surface area contributed by atoms with Crippen molar-refractivity contribution in [1.29, 1.82) is 0 Å². The molecule has 2 aromatic rings. The molecule has 138 valence electrons. The van der Waals surface area contributed by atoms with Gasteiger partial charge in [0.1, 0.15) is 6.61 Å². The fraction of sp³-hybridized carbons (Fsp3) is 0.294. The van der Waals surface area contributed by atoms with Gasteiger partial charge >= 0.3 is 5.69 Å². The van der Waals surface area contributed by atoms with Crippen LogP contribution in [0.2, 0.25) is 0 Å². The Bertz CT molecular complexity index is 879. The van der Waals surface area contributed by atoms with Crippen LogP contribution in [0.5, 0.6) is 5.75 Å². The molecule has 0 aromatic heterocycles. The maximum Gasteiger partial charge on any atom is 0.312 e. The topological polar surface area (TPSA) is 99.0 Å². The summed E-state index contributed by atoms with van der Waals surface area (Å²) in [6, 6.07) is 12.9. The number of hydrogen-bond acceptors (Lipinski definition) is 6. The predicted molar refractivity (Wildman–Crippen MR) is 93.4 cm³/mol. The van der Waals surface area contributed by atoms with Crippen molar-refractivity contribution >= 4 is 15.7 Å². The van der Waals surface area contributed by atoms with E-state index in [9.17, 15) is 18.5 Å². The molecule has 0 N–H and O–H groups in total. The quantitative estimate of drug-likeness (QED) is 0.564. The highest BCUT2D eigenvalue weighted by Gasteiger charge is 2.29. The molecule has 0 spiro atoms. The second-order valence-corrected chi connectivity index (χ2v) is 7.62. The zero-order valence-electron chi connectivity index (χ0n) is 13.9. The van der Waals surface area contributed by atoms with Crippen LogP contribution < -0.4 is 4.74 Å². The van der Waals surface area contributed by atoms with E-state index in [1.807, 2.05) is 30.3 Å². The second kappa shape index (κ2) is 7.81. The molecule has 26 heavy (non-hydrogen) atoms. The number of hydrogen-bond donors (Lipinski definition) is 0. The van der Waals surface area contributed by atoms with E-state index >= 15 is 0 Å². The number of sulfonamides is 1.